The lowest BCUT2D eigenvalue weighted by atomic mass is 9.77. The molecule has 2 aliphatic rings. The van der Waals surface area contributed by atoms with Gasteiger partial charge < -0.3 is 15.4 Å². The summed E-state index contributed by atoms with van der Waals surface area (Å²) in [5.41, 5.74) is 6.00. The minimum atomic E-state index is -0.252. The molecular formula is C15H28N2O2. The van der Waals surface area contributed by atoms with Crippen LogP contribution >= 0.6 is 0 Å². The monoisotopic (exact) mass is 268 g/mol. The Hall–Kier alpha value is -0.610. The van der Waals surface area contributed by atoms with Crippen LogP contribution in [0, 0.1) is 11.8 Å². The molecule has 1 saturated carbocycles. The van der Waals surface area contributed by atoms with E-state index in [2.05, 4.69) is 6.92 Å². The number of ether oxygens (including phenoxy) is 1. The number of rotatable bonds is 1. The van der Waals surface area contributed by atoms with Gasteiger partial charge in [0.1, 0.15) is 0 Å². The second-order valence-electron chi connectivity index (χ2n) is 7.00. The van der Waals surface area contributed by atoms with Gasteiger partial charge in [-0.2, -0.15) is 0 Å². The fourth-order valence-corrected chi connectivity index (χ4v) is 3.59. The van der Waals surface area contributed by atoms with Crippen molar-refractivity contribution < 1.29 is 9.53 Å². The molecule has 1 amide bonds. The topological polar surface area (TPSA) is 55.6 Å². The summed E-state index contributed by atoms with van der Waals surface area (Å²) in [6, 6.07) is 0.0162. The van der Waals surface area contributed by atoms with Gasteiger partial charge in [-0.3, -0.25) is 4.79 Å². The van der Waals surface area contributed by atoms with Gasteiger partial charge in [0.15, 0.2) is 0 Å². The summed E-state index contributed by atoms with van der Waals surface area (Å²) >= 11 is 0. The second kappa shape index (κ2) is 5.41. The molecule has 110 valence electrons. The zero-order chi connectivity index (χ0) is 14.2. The SMILES string of the molecule is CC1CN(C(=O)C2CCCC(C)C2N)CC(C)(C)O1. The molecule has 1 saturated heterocycles. The molecule has 0 aromatic heterocycles. The van der Waals surface area contributed by atoms with E-state index in [0.29, 0.717) is 19.0 Å². The summed E-state index contributed by atoms with van der Waals surface area (Å²) in [4.78, 5) is 14.7. The molecule has 4 unspecified atom stereocenters. The van der Waals surface area contributed by atoms with Gasteiger partial charge in [0, 0.05) is 19.1 Å². The van der Waals surface area contributed by atoms with Crippen molar-refractivity contribution in [2.45, 2.75) is 64.7 Å². The number of nitrogens with zero attached hydrogens (tertiary/aromatic N) is 1. The summed E-state index contributed by atoms with van der Waals surface area (Å²) < 4.78 is 5.86. The predicted octanol–water partition coefficient (Wildman–Crippen LogP) is 1.78. The number of nitrogens with two attached hydrogens (primary N) is 1. The van der Waals surface area contributed by atoms with E-state index >= 15 is 0 Å². The highest BCUT2D eigenvalue weighted by Gasteiger charge is 2.39. The first-order valence-corrected chi connectivity index (χ1v) is 7.52. The van der Waals surface area contributed by atoms with Crippen molar-refractivity contribution in [3.05, 3.63) is 0 Å². The number of carbonyl (C=O) groups excluding carboxylic acids is 1. The summed E-state index contributed by atoms with van der Waals surface area (Å²) in [6.45, 7) is 9.66. The molecule has 0 radical (unpaired) electrons. The van der Waals surface area contributed by atoms with Crippen molar-refractivity contribution >= 4 is 5.91 Å². The van der Waals surface area contributed by atoms with Gasteiger partial charge in [-0.25, -0.2) is 0 Å². The standard InChI is InChI=1S/C15H28N2O2/c1-10-6-5-7-12(13(10)16)14(18)17-8-11(2)19-15(3,4)9-17/h10-13H,5-9,16H2,1-4H3. The molecule has 0 bridgehead atoms. The van der Waals surface area contributed by atoms with Crippen LogP contribution in [0.3, 0.4) is 0 Å². The Morgan fingerprint density at radius 2 is 2.00 bits per heavy atom. The summed E-state index contributed by atoms with van der Waals surface area (Å²) in [6.07, 6.45) is 3.31. The maximum Gasteiger partial charge on any atom is 0.227 e. The van der Waals surface area contributed by atoms with E-state index in [4.69, 9.17) is 10.5 Å². The van der Waals surface area contributed by atoms with E-state index in [1.165, 1.54) is 0 Å². The maximum atomic E-state index is 12.7. The fourth-order valence-electron chi connectivity index (χ4n) is 3.59. The molecule has 2 fully saturated rings. The molecule has 4 atom stereocenters. The minimum Gasteiger partial charge on any atom is -0.369 e. The molecule has 0 aromatic rings. The maximum absolute atomic E-state index is 12.7. The summed E-state index contributed by atoms with van der Waals surface area (Å²) in [5.74, 6) is 0.696. The van der Waals surface area contributed by atoms with Crippen molar-refractivity contribution in [1.82, 2.24) is 4.90 Å². The Bertz CT molecular complexity index is 343. The largest absolute Gasteiger partial charge is 0.369 e. The molecule has 0 spiro atoms. The molecule has 4 heteroatoms. The molecule has 2 rings (SSSR count). The van der Waals surface area contributed by atoms with Gasteiger partial charge >= 0.3 is 0 Å². The van der Waals surface area contributed by atoms with E-state index in [0.717, 1.165) is 19.3 Å². The van der Waals surface area contributed by atoms with Crippen LogP contribution in [-0.2, 0) is 9.53 Å². The fraction of sp³-hybridized carbons (Fsp3) is 0.933. The van der Waals surface area contributed by atoms with Crippen LogP contribution in [0.4, 0.5) is 0 Å². The molecule has 2 N–H and O–H groups in total. The lowest BCUT2D eigenvalue weighted by molar-refractivity contribution is -0.163. The van der Waals surface area contributed by atoms with Gasteiger partial charge in [-0.15, -0.1) is 0 Å². The van der Waals surface area contributed by atoms with Crippen LogP contribution in [0.15, 0.2) is 0 Å². The minimum absolute atomic E-state index is 0.00449. The van der Waals surface area contributed by atoms with Crippen molar-refractivity contribution in [3.63, 3.8) is 0 Å². The normalized spacial score (nSPS) is 39.1. The number of hydrogen-bond acceptors (Lipinski definition) is 3. The van der Waals surface area contributed by atoms with Crippen LogP contribution in [0.2, 0.25) is 0 Å². The molecule has 4 nitrogen and oxygen atoms in total. The smallest absolute Gasteiger partial charge is 0.227 e. The van der Waals surface area contributed by atoms with Gasteiger partial charge in [0.25, 0.3) is 0 Å². The van der Waals surface area contributed by atoms with Crippen molar-refractivity contribution in [2.24, 2.45) is 17.6 Å². The van der Waals surface area contributed by atoms with E-state index in [9.17, 15) is 4.79 Å². The number of hydrogen-bond donors (Lipinski definition) is 1. The lowest BCUT2D eigenvalue weighted by Gasteiger charge is -2.44. The molecule has 0 aromatic carbocycles. The third-order valence-electron chi connectivity index (χ3n) is 4.49. The first-order chi connectivity index (χ1) is 8.80. The number of morpholine rings is 1. The highest BCUT2D eigenvalue weighted by atomic mass is 16.5. The van der Waals surface area contributed by atoms with E-state index in [1.807, 2.05) is 25.7 Å². The van der Waals surface area contributed by atoms with Crippen LogP contribution in [-0.4, -0.2) is 41.6 Å². The Morgan fingerprint density at radius 3 is 2.63 bits per heavy atom. The van der Waals surface area contributed by atoms with Crippen molar-refractivity contribution in [3.8, 4) is 0 Å². The third kappa shape index (κ3) is 3.29. The lowest BCUT2D eigenvalue weighted by Crippen LogP contribution is -2.57. The molecule has 1 heterocycles. The van der Waals surface area contributed by atoms with Crippen LogP contribution < -0.4 is 5.73 Å². The molecule has 19 heavy (non-hydrogen) atoms. The van der Waals surface area contributed by atoms with Crippen LogP contribution in [0.5, 0.6) is 0 Å². The molecule has 1 aliphatic heterocycles. The molecular weight excluding hydrogens is 240 g/mol. The Morgan fingerprint density at radius 1 is 1.32 bits per heavy atom. The average molecular weight is 268 g/mol. The first kappa shape index (κ1) is 14.8. The average Bonchev–Trinajstić information content (AvgIpc) is 2.29. The third-order valence-corrected chi connectivity index (χ3v) is 4.49. The van der Waals surface area contributed by atoms with Gasteiger partial charge in [0.2, 0.25) is 5.91 Å². The predicted molar refractivity (Wildman–Crippen MR) is 75.7 cm³/mol. The summed E-state index contributed by atoms with van der Waals surface area (Å²) in [7, 11) is 0. The highest BCUT2D eigenvalue weighted by Crippen LogP contribution is 2.31. The van der Waals surface area contributed by atoms with Gasteiger partial charge in [0.05, 0.1) is 17.6 Å². The first-order valence-electron chi connectivity index (χ1n) is 7.52. The highest BCUT2D eigenvalue weighted by molar-refractivity contribution is 5.80. The Balaban J connectivity index is 2.06. The van der Waals surface area contributed by atoms with E-state index in [1.54, 1.807) is 0 Å². The second-order valence-corrected chi connectivity index (χ2v) is 7.00. The quantitative estimate of drug-likeness (QED) is 0.788. The Labute approximate surface area is 116 Å². The van der Waals surface area contributed by atoms with Crippen molar-refractivity contribution in [1.29, 1.82) is 0 Å². The van der Waals surface area contributed by atoms with Crippen LogP contribution in [0.1, 0.15) is 47.0 Å². The molecule has 1 aliphatic carbocycles. The number of amides is 1. The zero-order valence-electron chi connectivity index (χ0n) is 12.7. The van der Waals surface area contributed by atoms with Crippen LogP contribution in [0.25, 0.3) is 0 Å². The van der Waals surface area contributed by atoms with Crippen molar-refractivity contribution in [2.75, 3.05) is 13.1 Å². The zero-order valence-corrected chi connectivity index (χ0v) is 12.7. The Kier molecular flexibility index (Phi) is 4.21. The van der Waals surface area contributed by atoms with Gasteiger partial charge in [-0.05, 0) is 39.5 Å². The van der Waals surface area contributed by atoms with E-state index < -0.39 is 0 Å². The summed E-state index contributed by atoms with van der Waals surface area (Å²) in [5, 5.41) is 0. The van der Waals surface area contributed by atoms with E-state index in [-0.39, 0.29) is 29.6 Å². The number of carbonyl (C=O) groups is 1. The van der Waals surface area contributed by atoms with Gasteiger partial charge in [-0.1, -0.05) is 13.3 Å².